The first kappa shape index (κ1) is 13.8. The van der Waals surface area contributed by atoms with Gasteiger partial charge in [0.1, 0.15) is 0 Å². The number of aryl methyl sites for hydroxylation is 1. The van der Waals surface area contributed by atoms with Crippen LogP contribution in [0, 0.1) is 0 Å². The smallest absolute Gasteiger partial charge is 0.319 e. The average molecular weight is 302 g/mol. The highest BCUT2D eigenvalue weighted by Crippen LogP contribution is 2.30. The molecule has 2 amide bonds. The van der Waals surface area contributed by atoms with Crippen LogP contribution < -0.4 is 10.6 Å². The summed E-state index contributed by atoms with van der Waals surface area (Å²) in [5.74, 6) is 0. The summed E-state index contributed by atoms with van der Waals surface area (Å²) in [4.78, 5) is 12.3. The fourth-order valence-corrected chi connectivity index (χ4v) is 3.30. The number of amides is 2. The van der Waals surface area contributed by atoms with Crippen molar-refractivity contribution >= 4 is 22.5 Å². The molecule has 1 atom stereocenters. The second kappa shape index (κ2) is 5.76. The third-order valence-electron chi connectivity index (χ3n) is 4.45. The quantitative estimate of drug-likeness (QED) is 0.711. The number of carbonyl (C=O) groups excluding carboxylic acids is 1. The van der Waals surface area contributed by atoms with Crippen LogP contribution in [0.4, 0.5) is 10.5 Å². The Morgan fingerprint density at radius 3 is 2.61 bits per heavy atom. The molecule has 1 aliphatic carbocycles. The molecule has 0 heterocycles. The maximum Gasteiger partial charge on any atom is 0.319 e. The summed E-state index contributed by atoms with van der Waals surface area (Å²) in [6.07, 6.45) is 1.99. The lowest BCUT2D eigenvalue weighted by atomic mass is 10.1. The Hall–Kier alpha value is -2.81. The van der Waals surface area contributed by atoms with Crippen molar-refractivity contribution in [3.05, 3.63) is 77.9 Å². The van der Waals surface area contributed by atoms with Crippen molar-refractivity contribution in [2.24, 2.45) is 0 Å². The lowest BCUT2D eigenvalue weighted by Gasteiger charge is -2.15. The number of fused-ring (bicyclic) bond motifs is 2. The Bertz CT molecular complexity index is 872. The lowest BCUT2D eigenvalue weighted by molar-refractivity contribution is 0.248. The number of nitrogens with one attached hydrogen (secondary N) is 2. The summed E-state index contributed by atoms with van der Waals surface area (Å²) in [5.41, 5.74) is 3.39. The normalized spacial score (nSPS) is 16.1. The highest BCUT2D eigenvalue weighted by Gasteiger charge is 2.23. The van der Waals surface area contributed by atoms with Gasteiger partial charge >= 0.3 is 6.03 Å². The molecular formula is C20H18N2O. The summed E-state index contributed by atoms with van der Waals surface area (Å²) in [6, 6.07) is 22.4. The molecule has 0 saturated carbocycles. The van der Waals surface area contributed by atoms with E-state index in [1.807, 2.05) is 42.5 Å². The predicted molar refractivity (Wildman–Crippen MR) is 93.6 cm³/mol. The van der Waals surface area contributed by atoms with Gasteiger partial charge < -0.3 is 10.6 Å². The van der Waals surface area contributed by atoms with E-state index in [0.29, 0.717) is 0 Å². The van der Waals surface area contributed by atoms with Gasteiger partial charge in [-0.15, -0.1) is 0 Å². The van der Waals surface area contributed by atoms with Crippen LogP contribution in [0.3, 0.4) is 0 Å². The minimum atomic E-state index is -0.151. The second-order valence-electron chi connectivity index (χ2n) is 5.95. The summed E-state index contributed by atoms with van der Waals surface area (Å²) >= 11 is 0. The first-order valence-electron chi connectivity index (χ1n) is 7.94. The zero-order chi connectivity index (χ0) is 15.6. The largest absolute Gasteiger partial charge is 0.331 e. The average Bonchev–Trinajstić information content (AvgIpc) is 2.98. The summed E-state index contributed by atoms with van der Waals surface area (Å²) < 4.78 is 0. The molecule has 4 rings (SSSR count). The van der Waals surface area contributed by atoms with Crippen molar-refractivity contribution in [1.29, 1.82) is 0 Å². The molecule has 0 bridgehead atoms. The van der Waals surface area contributed by atoms with Gasteiger partial charge in [-0.1, -0.05) is 54.6 Å². The van der Waals surface area contributed by atoms with Gasteiger partial charge in [-0.05, 0) is 46.9 Å². The minimum absolute atomic E-state index is 0.103. The number of hydrogen-bond donors (Lipinski definition) is 2. The molecule has 3 nitrogen and oxygen atoms in total. The van der Waals surface area contributed by atoms with Gasteiger partial charge in [0.25, 0.3) is 0 Å². The van der Waals surface area contributed by atoms with Gasteiger partial charge in [0.15, 0.2) is 0 Å². The highest BCUT2D eigenvalue weighted by atomic mass is 16.2. The molecule has 0 spiro atoms. The first-order chi connectivity index (χ1) is 11.3. The van der Waals surface area contributed by atoms with E-state index in [2.05, 4.69) is 34.9 Å². The monoisotopic (exact) mass is 302 g/mol. The maximum atomic E-state index is 12.3. The fourth-order valence-electron chi connectivity index (χ4n) is 3.30. The van der Waals surface area contributed by atoms with E-state index in [1.54, 1.807) is 0 Å². The van der Waals surface area contributed by atoms with E-state index in [-0.39, 0.29) is 12.1 Å². The number of carbonyl (C=O) groups is 1. The number of hydrogen-bond acceptors (Lipinski definition) is 1. The Morgan fingerprint density at radius 1 is 0.913 bits per heavy atom. The molecule has 1 unspecified atom stereocenters. The van der Waals surface area contributed by atoms with Crippen LogP contribution in [0.1, 0.15) is 23.6 Å². The first-order valence-corrected chi connectivity index (χ1v) is 7.94. The molecule has 114 valence electrons. The maximum absolute atomic E-state index is 12.3. The molecule has 1 aliphatic rings. The van der Waals surface area contributed by atoms with E-state index >= 15 is 0 Å². The van der Waals surface area contributed by atoms with Crippen molar-refractivity contribution in [2.75, 3.05) is 5.32 Å². The summed E-state index contributed by atoms with van der Waals surface area (Å²) in [6.45, 7) is 0. The fraction of sp³-hybridized carbons (Fsp3) is 0.150. The Morgan fingerprint density at radius 2 is 1.70 bits per heavy atom. The molecule has 0 saturated heterocycles. The number of anilines is 1. The van der Waals surface area contributed by atoms with Gasteiger partial charge in [0, 0.05) is 5.69 Å². The van der Waals surface area contributed by atoms with Crippen molar-refractivity contribution in [3.8, 4) is 0 Å². The van der Waals surface area contributed by atoms with Crippen molar-refractivity contribution < 1.29 is 4.79 Å². The molecule has 0 aliphatic heterocycles. The van der Waals surface area contributed by atoms with E-state index < -0.39 is 0 Å². The summed E-state index contributed by atoms with van der Waals surface area (Å²) in [5, 5.41) is 8.31. The predicted octanol–water partition coefficient (Wildman–Crippen LogP) is 4.65. The van der Waals surface area contributed by atoms with E-state index in [4.69, 9.17) is 0 Å². The van der Waals surface area contributed by atoms with Gasteiger partial charge in [-0.25, -0.2) is 4.79 Å². The molecule has 0 radical (unpaired) electrons. The van der Waals surface area contributed by atoms with Crippen LogP contribution in [0.5, 0.6) is 0 Å². The van der Waals surface area contributed by atoms with Crippen molar-refractivity contribution in [1.82, 2.24) is 5.32 Å². The van der Waals surface area contributed by atoms with Crippen LogP contribution in [0.15, 0.2) is 66.7 Å². The minimum Gasteiger partial charge on any atom is -0.331 e. The number of urea groups is 1. The molecule has 23 heavy (non-hydrogen) atoms. The van der Waals surface area contributed by atoms with Gasteiger partial charge in [0.05, 0.1) is 6.04 Å². The number of rotatable bonds is 2. The second-order valence-corrected chi connectivity index (χ2v) is 5.95. The standard InChI is InChI=1S/C20H18N2O/c23-20(22-19-12-10-15-6-3-4-8-18(15)19)21-17-11-9-14-5-1-2-7-16(14)13-17/h1-9,11,13,19H,10,12H2,(H2,21,22,23). The van der Waals surface area contributed by atoms with Crippen molar-refractivity contribution in [2.45, 2.75) is 18.9 Å². The number of benzene rings is 3. The SMILES string of the molecule is O=C(Nc1ccc2ccccc2c1)NC1CCc2ccccc21. The van der Waals surface area contributed by atoms with Crippen LogP contribution in [0.2, 0.25) is 0 Å². The van der Waals surface area contributed by atoms with E-state index in [9.17, 15) is 4.79 Å². The zero-order valence-electron chi connectivity index (χ0n) is 12.8. The van der Waals surface area contributed by atoms with Crippen LogP contribution in [-0.2, 0) is 6.42 Å². The Labute approximate surface area is 135 Å². The van der Waals surface area contributed by atoms with Crippen molar-refractivity contribution in [3.63, 3.8) is 0 Å². The topological polar surface area (TPSA) is 41.1 Å². The Kier molecular flexibility index (Phi) is 3.46. The molecule has 0 aromatic heterocycles. The molecule has 3 aromatic rings. The summed E-state index contributed by atoms with van der Waals surface area (Å²) in [7, 11) is 0. The zero-order valence-corrected chi connectivity index (χ0v) is 12.8. The highest BCUT2D eigenvalue weighted by molar-refractivity contribution is 5.93. The van der Waals surface area contributed by atoms with Crippen LogP contribution >= 0.6 is 0 Å². The molecule has 0 fully saturated rings. The lowest BCUT2D eigenvalue weighted by Crippen LogP contribution is -2.31. The van der Waals surface area contributed by atoms with Gasteiger partial charge in [-0.3, -0.25) is 0 Å². The van der Waals surface area contributed by atoms with E-state index in [0.717, 1.165) is 23.9 Å². The molecular weight excluding hydrogens is 284 g/mol. The van der Waals surface area contributed by atoms with Gasteiger partial charge in [0.2, 0.25) is 0 Å². The third-order valence-corrected chi connectivity index (χ3v) is 4.45. The Balaban J connectivity index is 1.47. The van der Waals surface area contributed by atoms with Crippen LogP contribution in [0.25, 0.3) is 10.8 Å². The molecule has 3 aromatic carbocycles. The molecule has 3 heteroatoms. The molecule has 2 N–H and O–H groups in total. The van der Waals surface area contributed by atoms with Gasteiger partial charge in [-0.2, -0.15) is 0 Å². The third kappa shape index (κ3) is 2.78. The van der Waals surface area contributed by atoms with E-state index in [1.165, 1.54) is 16.5 Å². The van der Waals surface area contributed by atoms with Crippen LogP contribution in [-0.4, -0.2) is 6.03 Å².